The van der Waals surface area contributed by atoms with Gasteiger partial charge in [-0.3, -0.25) is 9.55 Å². The number of aromatic nitrogens is 3. The zero-order valence-corrected chi connectivity index (χ0v) is 21.0. The van der Waals surface area contributed by atoms with Gasteiger partial charge in [-0.05, 0) is 48.7 Å². The minimum Gasteiger partial charge on any atom is -0.392 e. The number of imidazole rings is 1. The number of pyridine rings is 1. The fraction of sp³-hybridized carbons (Fsp3) is 0.231. The van der Waals surface area contributed by atoms with Gasteiger partial charge < -0.3 is 10.2 Å². The molecule has 0 saturated carbocycles. The highest BCUT2D eigenvalue weighted by Crippen LogP contribution is 2.39. The van der Waals surface area contributed by atoms with Gasteiger partial charge in [0.05, 0.1) is 28.4 Å². The Morgan fingerprint density at radius 1 is 1.00 bits per heavy atom. The molecule has 0 saturated heterocycles. The summed E-state index contributed by atoms with van der Waals surface area (Å²) in [7, 11) is -3.88. The summed E-state index contributed by atoms with van der Waals surface area (Å²) >= 11 is 0. The van der Waals surface area contributed by atoms with E-state index < -0.39 is 27.2 Å². The molecule has 0 amide bonds. The lowest BCUT2D eigenvalue weighted by molar-refractivity contribution is -0.137. The SMILES string of the molecule is CC(C)(O)c1cn(-c2ccc(-c3ccc(CO)cc3)cc2S(C)(=O)=O)c(-c2cnccc2C(F)(F)F)n1. The van der Waals surface area contributed by atoms with E-state index in [9.17, 15) is 31.8 Å². The topological polar surface area (TPSA) is 105 Å². The van der Waals surface area contributed by atoms with Crippen molar-refractivity contribution in [2.45, 2.75) is 37.1 Å². The minimum atomic E-state index is -4.73. The second-order valence-electron chi connectivity index (χ2n) is 9.11. The summed E-state index contributed by atoms with van der Waals surface area (Å²) in [6, 6.07) is 12.2. The molecule has 11 heteroatoms. The number of aliphatic hydroxyl groups is 2. The molecule has 0 aliphatic carbocycles. The number of aliphatic hydroxyl groups excluding tert-OH is 1. The van der Waals surface area contributed by atoms with Crippen molar-refractivity contribution in [3.8, 4) is 28.2 Å². The Morgan fingerprint density at radius 2 is 1.65 bits per heavy atom. The summed E-state index contributed by atoms with van der Waals surface area (Å²) in [5.74, 6) is -0.220. The molecule has 0 fully saturated rings. The van der Waals surface area contributed by atoms with E-state index in [1.807, 2.05) is 0 Å². The van der Waals surface area contributed by atoms with Gasteiger partial charge in [-0.15, -0.1) is 0 Å². The maximum Gasteiger partial charge on any atom is 0.417 e. The smallest absolute Gasteiger partial charge is 0.392 e. The van der Waals surface area contributed by atoms with Crippen molar-refractivity contribution in [2.75, 3.05) is 6.26 Å². The first-order chi connectivity index (χ1) is 17.2. The molecule has 0 atom stereocenters. The third-order valence-corrected chi connectivity index (χ3v) is 6.91. The number of alkyl halides is 3. The zero-order valence-electron chi connectivity index (χ0n) is 20.2. The van der Waals surface area contributed by atoms with Crippen LogP contribution < -0.4 is 0 Å². The standard InChI is InChI=1S/C26H24F3N3O4S/c1-25(2,34)23-14-32(24(31-23)19-13-30-11-10-20(19)26(27,28)29)21-9-8-18(12-22(21)37(3,35)36)17-6-4-16(15-33)5-7-17/h4-14,33-34H,15H2,1-3H3. The van der Waals surface area contributed by atoms with E-state index in [0.717, 1.165) is 24.7 Å². The second kappa shape index (κ2) is 9.40. The van der Waals surface area contributed by atoms with E-state index in [1.54, 1.807) is 30.3 Å². The van der Waals surface area contributed by atoms with Crippen LogP contribution in [0.5, 0.6) is 0 Å². The molecule has 2 heterocycles. The van der Waals surface area contributed by atoms with Crippen LogP contribution in [0.15, 0.2) is 72.0 Å². The van der Waals surface area contributed by atoms with Crippen LogP contribution in [-0.2, 0) is 28.2 Å². The van der Waals surface area contributed by atoms with Crippen molar-refractivity contribution < 1.29 is 31.8 Å². The van der Waals surface area contributed by atoms with Crippen LogP contribution in [0.3, 0.4) is 0 Å². The highest BCUT2D eigenvalue weighted by Gasteiger charge is 2.36. The van der Waals surface area contributed by atoms with Crippen LogP contribution in [0.1, 0.15) is 30.7 Å². The lowest BCUT2D eigenvalue weighted by Crippen LogP contribution is -2.16. The van der Waals surface area contributed by atoms with Crippen molar-refractivity contribution in [1.82, 2.24) is 14.5 Å². The number of benzene rings is 2. The van der Waals surface area contributed by atoms with Gasteiger partial charge in [0.1, 0.15) is 11.4 Å². The average Bonchev–Trinajstić information content (AvgIpc) is 3.29. The van der Waals surface area contributed by atoms with Gasteiger partial charge in [0.2, 0.25) is 0 Å². The van der Waals surface area contributed by atoms with Crippen molar-refractivity contribution in [2.24, 2.45) is 0 Å². The normalized spacial score (nSPS) is 12.6. The van der Waals surface area contributed by atoms with Gasteiger partial charge in [0.15, 0.2) is 9.84 Å². The highest BCUT2D eigenvalue weighted by atomic mass is 32.2. The summed E-state index contributed by atoms with van der Waals surface area (Å²) in [4.78, 5) is 7.96. The quantitative estimate of drug-likeness (QED) is 0.372. The van der Waals surface area contributed by atoms with Crippen molar-refractivity contribution in [3.05, 3.63) is 83.9 Å². The summed E-state index contributed by atoms with van der Waals surface area (Å²) in [6.45, 7) is 2.71. The molecular formula is C26H24F3N3O4S. The molecule has 4 rings (SSSR count). The molecule has 2 aromatic heterocycles. The monoisotopic (exact) mass is 531 g/mol. The number of hydrogen-bond donors (Lipinski definition) is 2. The van der Waals surface area contributed by atoms with Gasteiger partial charge in [0, 0.05) is 30.4 Å². The van der Waals surface area contributed by atoms with Crippen LogP contribution in [0.2, 0.25) is 0 Å². The molecular weight excluding hydrogens is 507 g/mol. The van der Waals surface area contributed by atoms with E-state index in [4.69, 9.17) is 0 Å². The number of hydrogen-bond acceptors (Lipinski definition) is 6. The van der Waals surface area contributed by atoms with Crippen LogP contribution >= 0.6 is 0 Å². The Morgan fingerprint density at radius 3 is 2.22 bits per heavy atom. The molecule has 0 aliphatic rings. The summed E-state index contributed by atoms with van der Waals surface area (Å²) in [5.41, 5.74) is -0.871. The maximum absolute atomic E-state index is 13.8. The van der Waals surface area contributed by atoms with Crippen molar-refractivity contribution in [3.63, 3.8) is 0 Å². The lowest BCUT2D eigenvalue weighted by atomic mass is 10.0. The number of sulfone groups is 1. The molecule has 0 radical (unpaired) electrons. The third-order valence-electron chi connectivity index (χ3n) is 5.79. The van der Waals surface area contributed by atoms with E-state index in [1.165, 1.54) is 36.7 Å². The molecule has 0 spiro atoms. The first-order valence-electron chi connectivity index (χ1n) is 11.1. The van der Waals surface area contributed by atoms with E-state index in [2.05, 4.69) is 9.97 Å². The molecule has 37 heavy (non-hydrogen) atoms. The van der Waals surface area contributed by atoms with E-state index in [0.29, 0.717) is 16.7 Å². The largest absolute Gasteiger partial charge is 0.417 e. The molecule has 2 N–H and O–H groups in total. The van der Waals surface area contributed by atoms with Crippen LogP contribution in [0, 0.1) is 0 Å². The lowest BCUT2D eigenvalue weighted by Gasteiger charge is -2.16. The number of nitrogens with zero attached hydrogens (tertiary/aromatic N) is 3. The van der Waals surface area contributed by atoms with Gasteiger partial charge in [-0.2, -0.15) is 13.2 Å². The first kappa shape index (κ1) is 26.5. The molecule has 0 unspecified atom stereocenters. The molecule has 4 aromatic rings. The average molecular weight is 532 g/mol. The van der Waals surface area contributed by atoms with Crippen LogP contribution in [-0.4, -0.2) is 39.4 Å². The van der Waals surface area contributed by atoms with Crippen LogP contribution in [0.25, 0.3) is 28.2 Å². The summed E-state index contributed by atoms with van der Waals surface area (Å²) < 4.78 is 68.5. The molecule has 0 aliphatic heterocycles. The second-order valence-corrected chi connectivity index (χ2v) is 11.1. The molecule has 194 valence electrons. The summed E-state index contributed by atoms with van der Waals surface area (Å²) in [5, 5.41) is 19.8. The third kappa shape index (κ3) is 5.43. The first-order valence-corrected chi connectivity index (χ1v) is 13.0. The minimum absolute atomic E-state index is 0.0441. The Bertz CT molecular complexity index is 1560. The van der Waals surface area contributed by atoms with Crippen molar-refractivity contribution in [1.29, 1.82) is 0 Å². The Hall–Kier alpha value is -3.54. The zero-order chi connectivity index (χ0) is 27.2. The molecule has 0 bridgehead atoms. The van der Waals surface area contributed by atoms with Gasteiger partial charge in [0.25, 0.3) is 0 Å². The van der Waals surface area contributed by atoms with Crippen LogP contribution in [0.4, 0.5) is 13.2 Å². The van der Waals surface area contributed by atoms with E-state index in [-0.39, 0.29) is 34.3 Å². The van der Waals surface area contributed by atoms with Crippen molar-refractivity contribution >= 4 is 9.84 Å². The fourth-order valence-electron chi connectivity index (χ4n) is 3.86. The molecule has 2 aromatic carbocycles. The van der Waals surface area contributed by atoms with Gasteiger partial charge in [-0.1, -0.05) is 30.3 Å². The Balaban J connectivity index is 2.00. The fourth-order valence-corrected chi connectivity index (χ4v) is 4.75. The maximum atomic E-state index is 13.8. The predicted molar refractivity (Wildman–Crippen MR) is 132 cm³/mol. The van der Waals surface area contributed by atoms with Gasteiger partial charge in [-0.25, -0.2) is 13.4 Å². The van der Waals surface area contributed by atoms with Gasteiger partial charge >= 0.3 is 6.18 Å². The Kier molecular flexibility index (Phi) is 6.74. The highest BCUT2D eigenvalue weighted by molar-refractivity contribution is 7.90. The number of rotatable bonds is 6. The Labute approximate surface area is 211 Å². The predicted octanol–water partition coefficient (Wildman–Crippen LogP) is 4.74. The van der Waals surface area contributed by atoms with E-state index >= 15 is 0 Å². The molecule has 7 nitrogen and oxygen atoms in total. The number of halogens is 3. The summed E-state index contributed by atoms with van der Waals surface area (Å²) in [6.07, 6.45) is -0.387.